The average Bonchev–Trinajstić information content (AvgIpc) is 2.50. The number of nitrogens with one attached hydrogen (secondary N) is 1. The lowest BCUT2D eigenvalue weighted by Crippen LogP contribution is -2.41. The second-order valence-corrected chi connectivity index (χ2v) is 5.27. The van der Waals surface area contributed by atoms with Crippen LogP contribution < -0.4 is 11.1 Å². The van der Waals surface area contributed by atoms with Crippen molar-refractivity contribution >= 4 is 5.91 Å². The van der Waals surface area contributed by atoms with E-state index in [0.717, 1.165) is 12.8 Å². The minimum Gasteiger partial charge on any atom is -0.374 e. The standard InChI is InChI=1S/C13H26N2O2/c1-8(6-5-7-14)15-13(16)12-9(2)10(3)17-11(12)4/h8-12H,5-7,14H2,1-4H3,(H,15,16). The van der Waals surface area contributed by atoms with Crippen molar-refractivity contribution in [3.8, 4) is 0 Å². The predicted octanol–water partition coefficient (Wildman–Crippen LogP) is 1.29. The van der Waals surface area contributed by atoms with Gasteiger partial charge in [-0.3, -0.25) is 4.79 Å². The van der Waals surface area contributed by atoms with E-state index in [2.05, 4.69) is 12.2 Å². The van der Waals surface area contributed by atoms with Crippen LogP contribution in [0.5, 0.6) is 0 Å². The van der Waals surface area contributed by atoms with E-state index >= 15 is 0 Å². The normalized spacial score (nSPS) is 34.6. The number of hydrogen-bond donors (Lipinski definition) is 2. The molecule has 5 atom stereocenters. The van der Waals surface area contributed by atoms with E-state index in [4.69, 9.17) is 10.5 Å². The summed E-state index contributed by atoms with van der Waals surface area (Å²) in [6, 6.07) is 0.196. The monoisotopic (exact) mass is 242 g/mol. The van der Waals surface area contributed by atoms with Gasteiger partial charge >= 0.3 is 0 Å². The number of carbonyl (C=O) groups excluding carboxylic acids is 1. The molecule has 1 aliphatic heterocycles. The molecule has 1 aliphatic rings. The van der Waals surface area contributed by atoms with Gasteiger partial charge in [0.1, 0.15) is 0 Å². The van der Waals surface area contributed by atoms with Crippen LogP contribution >= 0.6 is 0 Å². The van der Waals surface area contributed by atoms with Crippen LogP contribution in [0, 0.1) is 11.8 Å². The summed E-state index contributed by atoms with van der Waals surface area (Å²) in [5.41, 5.74) is 5.46. The molecule has 0 radical (unpaired) electrons. The number of ether oxygens (including phenoxy) is 1. The third-order valence-electron chi connectivity index (χ3n) is 3.77. The Hall–Kier alpha value is -0.610. The van der Waals surface area contributed by atoms with Crippen LogP contribution in [0.3, 0.4) is 0 Å². The summed E-state index contributed by atoms with van der Waals surface area (Å²) in [5.74, 6) is 0.385. The maximum Gasteiger partial charge on any atom is 0.226 e. The van der Waals surface area contributed by atoms with E-state index in [-0.39, 0.29) is 36.0 Å². The molecule has 17 heavy (non-hydrogen) atoms. The zero-order valence-electron chi connectivity index (χ0n) is 11.4. The smallest absolute Gasteiger partial charge is 0.226 e. The molecule has 0 aromatic heterocycles. The molecule has 4 heteroatoms. The minimum atomic E-state index is -0.0228. The number of carbonyl (C=O) groups is 1. The number of hydrogen-bond acceptors (Lipinski definition) is 3. The van der Waals surface area contributed by atoms with Gasteiger partial charge < -0.3 is 15.8 Å². The second kappa shape index (κ2) is 6.36. The number of amides is 1. The van der Waals surface area contributed by atoms with Crippen molar-refractivity contribution in [2.24, 2.45) is 17.6 Å². The van der Waals surface area contributed by atoms with Crippen molar-refractivity contribution in [2.45, 2.75) is 58.8 Å². The highest BCUT2D eigenvalue weighted by atomic mass is 16.5. The molecule has 0 aliphatic carbocycles. The van der Waals surface area contributed by atoms with Gasteiger partial charge in [-0.15, -0.1) is 0 Å². The van der Waals surface area contributed by atoms with Crippen molar-refractivity contribution in [1.29, 1.82) is 0 Å². The number of nitrogens with two attached hydrogens (primary N) is 1. The fourth-order valence-electron chi connectivity index (χ4n) is 2.55. The van der Waals surface area contributed by atoms with Gasteiger partial charge in [0.2, 0.25) is 5.91 Å². The Labute approximate surface area is 104 Å². The molecule has 1 rings (SSSR count). The van der Waals surface area contributed by atoms with Crippen molar-refractivity contribution in [1.82, 2.24) is 5.32 Å². The predicted molar refractivity (Wildman–Crippen MR) is 68.6 cm³/mol. The minimum absolute atomic E-state index is 0.0155. The van der Waals surface area contributed by atoms with Gasteiger partial charge in [0, 0.05) is 6.04 Å². The summed E-state index contributed by atoms with van der Waals surface area (Å²) < 4.78 is 5.69. The number of rotatable bonds is 5. The van der Waals surface area contributed by atoms with Gasteiger partial charge in [-0.2, -0.15) is 0 Å². The van der Waals surface area contributed by atoms with Gasteiger partial charge in [0.25, 0.3) is 0 Å². The molecule has 0 spiro atoms. The summed E-state index contributed by atoms with van der Waals surface area (Å²) in [6.45, 7) is 8.81. The molecule has 4 nitrogen and oxygen atoms in total. The van der Waals surface area contributed by atoms with Crippen LogP contribution in [-0.2, 0) is 9.53 Å². The van der Waals surface area contributed by atoms with Crippen molar-refractivity contribution in [3.63, 3.8) is 0 Å². The average molecular weight is 242 g/mol. The van der Waals surface area contributed by atoms with Gasteiger partial charge in [-0.25, -0.2) is 0 Å². The first kappa shape index (κ1) is 14.5. The Morgan fingerprint density at radius 3 is 2.47 bits per heavy atom. The van der Waals surface area contributed by atoms with Crippen LogP contribution in [0.15, 0.2) is 0 Å². The molecule has 1 fully saturated rings. The second-order valence-electron chi connectivity index (χ2n) is 5.27. The largest absolute Gasteiger partial charge is 0.374 e. The molecule has 5 unspecified atom stereocenters. The third kappa shape index (κ3) is 3.68. The summed E-state index contributed by atoms with van der Waals surface area (Å²) >= 11 is 0. The first-order valence-electron chi connectivity index (χ1n) is 6.63. The topological polar surface area (TPSA) is 64.3 Å². The maximum absolute atomic E-state index is 12.2. The summed E-state index contributed by atoms with van der Waals surface area (Å²) in [5, 5.41) is 3.06. The molecule has 0 aromatic rings. The lowest BCUT2D eigenvalue weighted by atomic mass is 9.88. The van der Waals surface area contributed by atoms with Crippen LogP contribution in [-0.4, -0.2) is 30.7 Å². The third-order valence-corrected chi connectivity index (χ3v) is 3.77. The van der Waals surface area contributed by atoms with E-state index in [0.29, 0.717) is 6.54 Å². The van der Waals surface area contributed by atoms with Crippen LogP contribution in [0.4, 0.5) is 0 Å². The lowest BCUT2D eigenvalue weighted by Gasteiger charge is -2.21. The Balaban J connectivity index is 2.47. The molecule has 0 bridgehead atoms. The molecule has 100 valence electrons. The van der Waals surface area contributed by atoms with Gasteiger partial charge in [-0.1, -0.05) is 6.92 Å². The SMILES string of the molecule is CC(CCCN)NC(=O)C1C(C)OC(C)C1C. The van der Waals surface area contributed by atoms with Crippen molar-refractivity contribution in [3.05, 3.63) is 0 Å². The highest BCUT2D eigenvalue weighted by Gasteiger charge is 2.41. The van der Waals surface area contributed by atoms with E-state index in [1.54, 1.807) is 0 Å². The zero-order valence-corrected chi connectivity index (χ0v) is 11.4. The Morgan fingerprint density at radius 2 is 2.00 bits per heavy atom. The van der Waals surface area contributed by atoms with Crippen LogP contribution in [0.2, 0.25) is 0 Å². The molecule has 0 aromatic carbocycles. The van der Waals surface area contributed by atoms with Crippen LogP contribution in [0.1, 0.15) is 40.5 Å². The molecule has 1 heterocycles. The first-order chi connectivity index (χ1) is 7.97. The molecule has 0 saturated carbocycles. The fourth-order valence-corrected chi connectivity index (χ4v) is 2.55. The first-order valence-corrected chi connectivity index (χ1v) is 6.63. The fraction of sp³-hybridized carbons (Fsp3) is 0.923. The molecular weight excluding hydrogens is 216 g/mol. The highest BCUT2D eigenvalue weighted by Crippen LogP contribution is 2.32. The maximum atomic E-state index is 12.2. The van der Waals surface area contributed by atoms with Gasteiger partial charge in [0.15, 0.2) is 0 Å². The summed E-state index contributed by atoms with van der Waals surface area (Å²) in [4.78, 5) is 12.2. The van der Waals surface area contributed by atoms with E-state index in [9.17, 15) is 4.79 Å². The Morgan fingerprint density at radius 1 is 1.35 bits per heavy atom. The summed E-state index contributed by atoms with van der Waals surface area (Å²) in [7, 11) is 0. The van der Waals surface area contributed by atoms with Crippen molar-refractivity contribution in [2.75, 3.05) is 6.54 Å². The molecule has 3 N–H and O–H groups in total. The zero-order chi connectivity index (χ0) is 13.0. The van der Waals surface area contributed by atoms with Crippen LogP contribution in [0.25, 0.3) is 0 Å². The Kier molecular flexibility index (Phi) is 5.40. The Bertz CT molecular complexity index is 258. The molecular formula is C13H26N2O2. The van der Waals surface area contributed by atoms with E-state index in [1.807, 2.05) is 20.8 Å². The summed E-state index contributed by atoms with van der Waals surface area (Å²) in [6.07, 6.45) is 2.07. The van der Waals surface area contributed by atoms with E-state index in [1.165, 1.54) is 0 Å². The van der Waals surface area contributed by atoms with Gasteiger partial charge in [-0.05, 0) is 46.1 Å². The van der Waals surface area contributed by atoms with Gasteiger partial charge in [0.05, 0.1) is 18.1 Å². The molecule has 1 saturated heterocycles. The van der Waals surface area contributed by atoms with E-state index < -0.39 is 0 Å². The molecule has 1 amide bonds. The highest BCUT2D eigenvalue weighted by molar-refractivity contribution is 5.80. The quantitative estimate of drug-likeness (QED) is 0.763. The van der Waals surface area contributed by atoms with Crippen molar-refractivity contribution < 1.29 is 9.53 Å². The lowest BCUT2D eigenvalue weighted by molar-refractivity contribution is -0.127.